The topological polar surface area (TPSA) is 83.8 Å². The minimum absolute atomic E-state index is 0.0264. The van der Waals surface area contributed by atoms with E-state index in [-0.39, 0.29) is 17.8 Å². The second-order valence-corrected chi connectivity index (χ2v) is 4.98. The van der Waals surface area contributed by atoms with Crippen LogP contribution in [0.25, 0.3) is 0 Å². The molecule has 1 aliphatic rings. The molecule has 2 aromatic heterocycles. The lowest BCUT2D eigenvalue weighted by Gasteiger charge is -2.10. The Hall–Kier alpha value is -2.11. The molecule has 0 aromatic carbocycles. The van der Waals surface area contributed by atoms with Gasteiger partial charge in [0.15, 0.2) is 0 Å². The van der Waals surface area contributed by atoms with E-state index in [0.29, 0.717) is 12.3 Å². The summed E-state index contributed by atoms with van der Waals surface area (Å²) in [7, 11) is 0. The zero-order valence-corrected chi connectivity index (χ0v) is 10.7. The predicted molar refractivity (Wildman–Crippen MR) is 67.7 cm³/mol. The van der Waals surface area contributed by atoms with E-state index < -0.39 is 0 Å². The van der Waals surface area contributed by atoms with Crippen molar-refractivity contribution in [2.75, 3.05) is 0 Å². The highest BCUT2D eigenvalue weighted by atomic mass is 16.3. The molecule has 3 rings (SSSR count). The summed E-state index contributed by atoms with van der Waals surface area (Å²) in [5, 5.41) is 9.65. The van der Waals surface area contributed by atoms with Gasteiger partial charge >= 0.3 is 0 Å². The molecule has 0 aliphatic heterocycles. The van der Waals surface area contributed by atoms with E-state index in [1.807, 2.05) is 19.1 Å². The fourth-order valence-electron chi connectivity index (χ4n) is 1.99. The van der Waals surface area contributed by atoms with Gasteiger partial charge in [-0.05, 0) is 31.9 Å². The van der Waals surface area contributed by atoms with Crippen molar-refractivity contribution >= 4 is 5.91 Å². The molecule has 1 saturated carbocycles. The average molecular weight is 260 g/mol. The number of aromatic amines is 1. The molecule has 2 N–H and O–H groups in total. The Balaban J connectivity index is 1.57. The largest absolute Gasteiger partial charge is 0.469 e. The highest BCUT2D eigenvalue weighted by Crippen LogP contribution is 2.37. The third-order valence-corrected chi connectivity index (χ3v) is 3.13. The Morgan fingerprint density at radius 3 is 3.16 bits per heavy atom. The van der Waals surface area contributed by atoms with Crippen LogP contribution in [-0.2, 0) is 6.42 Å². The van der Waals surface area contributed by atoms with Crippen molar-refractivity contribution in [3.05, 3.63) is 35.8 Å². The monoisotopic (exact) mass is 260 g/mol. The van der Waals surface area contributed by atoms with Gasteiger partial charge in [-0.3, -0.25) is 9.89 Å². The lowest BCUT2D eigenvalue weighted by Crippen LogP contribution is -2.34. The molecule has 6 nitrogen and oxygen atoms in total. The van der Waals surface area contributed by atoms with E-state index in [9.17, 15) is 4.79 Å². The molecule has 2 aromatic rings. The second kappa shape index (κ2) is 4.87. The first kappa shape index (κ1) is 12.0. The third kappa shape index (κ3) is 2.83. The van der Waals surface area contributed by atoms with Crippen molar-refractivity contribution in [1.29, 1.82) is 0 Å². The fourth-order valence-corrected chi connectivity index (χ4v) is 1.99. The van der Waals surface area contributed by atoms with Gasteiger partial charge in [0.2, 0.25) is 5.82 Å². The van der Waals surface area contributed by atoms with Crippen molar-refractivity contribution < 1.29 is 9.21 Å². The molecular weight excluding hydrogens is 244 g/mol. The number of H-pyrrole nitrogens is 1. The minimum Gasteiger partial charge on any atom is -0.469 e. The molecule has 100 valence electrons. The van der Waals surface area contributed by atoms with Crippen LogP contribution in [0.3, 0.4) is 0 Å². The van der Waals surface area contributed by atoms with Crippen LogP contribution in [0.5, 0.6) is 0 Å². The molecule has 2 heterocycles. The zero-order valence-electron chi connectivity index (χ0n) is 10.7. The number of nitrogens with one attached hydrogen (secondary N) is 2. The summed E-state index contributed by atoms with van der Waals surface area (Å²) in [5.41, 5.74) is 0. The summed E-state index contributed by atoms with van der Waals surface area (Å²) in [5.74, 6) is 2.11. The molecular formula is C13H16N4O2. The van der Waals surface area contributed by atoms with E-state index in [4.69, 9.17) is 4.42 Å². The van der Waals surface area contributed by atoms with Crippen molar-refractivity contribution in [3.63, 3.8) is 0 Å². The lowest BCUT2D eigenvalue weighted by molar-refractivity contribution is 0.0929. The van der Waals surface area contributed by atoms with Crippen molar-refractivity contribution in [3.8, 4) is 0 Å². The highest BCUT2D eigenvalue weighted by molar-refractivity contribution is 5.90. The quantitative estimate of drug-likeness (QED) is 0.856. The third-order valence-electron chi connectivity index (χ3n) is 3.13. The van der Waals surface area contributed by atoms with Gasteiger partial charge in [-0.2, -0.15) is 0 Å². The number of rotatable bonds is 5. The lowest BCUT2D eigenvalue weighted by atomic mass is 10.2. The van der Waals surface area contributed by atoms with Gasteiger partial charge < -0.3 is 9.73 Å². The number of hydrogen-bond donors (Lipinski definition) is 2. The van der Waals surface area contributed by atoms with Crippen LogP contribution in [0.2, 0.25) is 0 Å². The molecule has 1 amide bonds. The van der Waals surface area contributed by atoms with Gasteiger partial charge in [0.25, 0.3) is 5.91 Å². The van der Waals surface area contributed by atoms with E-state index in [1.165, 1.54) is 0 Å². The summed E-state index contributed by atoms with van der Waals surface area (Å²) in [6, 6.07) is 3.70. The van der Waals surface area contributed by atoms with Gasteiger partial charge in [0.05, 0.1) is 6.26 Å². The summed E-state index contributed by atoms with van der Waals surface area (Å²) in [6.07, 6.45) is 4.54. The second-order valence-electron chi connectivity index (χ2n) is 4.98. The van der Waals surface area contributed by atoms with Crippen LogP contribution in [0, 0.1) is 0 Å². The van der Waals surface area contributed by atoms with E-state index in [1.54, 1.807) is 6.26 Å². The van der Waals surface area contributed by atoms with Crippen LogP contribution in [0.4, 0.5) is 0 Å². The summed E-state index contributed by atoms with van der Waals surface area (Å²) >= 11 is 0. The van der Waals surface area contributed by atoms with Gasteiger partial charge in [0.1, 0.15) is 11.6 Å². The number of hydrogen-bond acceptors (Lipinski definition) is 4. The Kier molecular flexibility index (Phi) is 3.06. The first-order valence-electron chi connectivity index (χ1n) is 6.48. The number of nitrogens with zero attached hydrogens (tertiary/aromatic N) is 2. The summed E-state index contributed by atoms with van der Waals surface area (Å²) in [4.78, 5) is 16.2. The zero-order chi connectivity index (χ0) is 13.2. The van der Waals surface area contributed by atoms with E-state index in [2.05, 4.69) is 20.5 Å². The van der Waals surface area contributed by atoms with Crippen LogP contribution in [0.1, 0.15) is 47.9 Å². The van der Waals surface area contributed by atoms with E-state index >= 15 is 0 Å². The Labute approximate surface area is 110 Å². The van der Waals surface area contributed by atoms with Crippen molar-refractivity contribution in [2.24, 2.45) is 0 Å². The van der Waals surface area contributed by atoms with Gasteiger partial charge in [0, 0.05) is 18.4 Å². The Morgan fingerprint density at radius 1 is 1.63 bits per heavy atom. The number of carbonyl (C=O) groups is 1. The maximum absolute atomic E-state index is 12.0. The molecule has 0 bridgehead atoms. The molecule has 0 radical (unpaired) electrons. The van der Waals surface area contributed by atoms with Gasteiger partial charge in [-0.1, -0.05) is 0 Å². The molecule has 1 atom stereocenters. The number of amides is 1. The maximum atomic E-state index is 12.0. The number of carbonyl (C=O) groups excluding carboxylic acids is 1. The highest BCUT2D eigenvalue weighted by Gasteiger charge is 2.28. The first-order chi connectivity index (χ1) is 9.22. The minimum atomic E-state index is -0.248. The standard InChI is InChI=1S/C13H16N4O2/c1-8(7-10-3-2-6-19-10)14-13(18)12-15-11(16-17-12)9-4-5-9/h2-3,6,8-9H,4-5,7H2,1H3,(H,14,18)(H,15,16,17). The summed E-state index contributed by atoms with van der Waals surface area (Å²) < 4.78 is 5.25. The van der Waals surface area contributed by atoms with Crippen molar-refractivity contribution in [1.82, 2.24) is 20.5 Å². The molecule has 0 saturated heterocycles. The smallest absolute Gasteiger partial charge is 0.291 e. The molecule has 19 heavy (non-hydrogen) atoms. The molecule has 1 aliphatic carbocycles. The van der Waals surface area contributed by atoms with Crippen molar-refractivity contribution in [2.45, 2.75) is 38.1 Å². The van der Waals surface area contributed by atoms with Gasteiger partial charge in [-0.15, -0.1) is 5.10 Å². The molecule has 6 heteroatoms. The SMILES string of the molecule is CC(Cc1ccco1)NC(=O)c1n[nH]c(C2CC2)n1. The number of furan rings is 1. The van der Waals surface area contributed by atoms with E-state index in [0.717, 1.165) is 24.4 Å². The maximum Gasteiger partial charge on any atom is 0.291 e. The van der Waals surface area contributed by atoms with Crippen LogP contribution < -0.4 is 5.32 Å². The predicted octanol–water partition coefficient (Wildman–Crippen LogP) is 1.64. The Bertz CT molecular complexity index is 557. The number of aromatic nitrogens is 3. The Morgan fingerprint density at radius 2 is 2.47 bits per heavy atom. The molecule has 0 spiro atoms. The van der Waals surface area contributed by atoms with Crippen LogP contribution in [0.15, 0.2) is 22.8 Å². The van der Waals surface area contributed by atoms with Crippen LogP contribution >= 0.6 is 0 Å². The molecule has 1 unspecified atom stereocenters. The fraction of sp³-hybridized carbons (Fsp3) is 0.462. The van der Waals surface area contributed by atoms with Crippen LogP contribution in [-0.4, -0.2) is 27.1 Å². The molecule has 1 fully saturated rings. The average Bonchev–Trinajstić information content (AvgIpc) is 2.91. The summed E-state index contributed by atoms with van der Waals surface area (Å²) in [6.45, 7) is 1.93. The normalized spacial score (nSPS) is 16.3. The first-order valence-corrected chi connectivity index (χ1v) is 6.48. The van der Waals surface area contributed by atoms with Gasteiger partial charge in [-0.25, -0.2) is 4.98 Å².